The van der Waals surface area contributed by atoms with Crippen molar-refractivity contribution < 1.29 is 13.5 Å². The van der Waals surface area contributed by atoms with Gasteiger partial charge in [-0.3, -0.25) is 0 Å². The van der Waals surface area contributed by atoms with Crippen LogP contribution in [0.4, 0.5) is 8.78 Å². The third-order valence-electron chi connectivity index (χ3n) is 3.73. The van der Waals surface area contributed by atoms with E-state index in [0.29, 0.717) is 22.8 Å². The van der Waals surface area contributed by atoms with Crippen LogP contribution in [0.25, 0.3) is 0 Å². The van der Waals surface area contributed by atoms with E-state index < -0.39 is 5.82 Å². The van der Waals surface area contributed by atoms with Gasteiger partial charge in [0.05, 0.1) is 5.02 Å². The average molecular weight is 310 g/mol. The van der Waals surface area contributed by atoms with Gasteiger partial charge in [-0.1, -0.05) is 23.7 Å². The molecular formula is C16H14ClF2NO. The number of halogens is 3. The van der Waals surface area contributed by atoms with Crippen LogP contribution in [0.3, 0.4) is 0 Å². The predicted molar refractivity (Wildman–Crippen MR) is 77.6 cm³/mol. The first-order chi connectivity index (χ1) is 10.1. The van der Waals surface area contributed by atoms with Gasteiger partial charge in [0.1, 0.15) is 23.5 Å². The highest BCUT2D eigenvalue weighted by Crippen LogP contribution is 2.42. The first-order valence-corrected chi connectivity index (χ1v) is 7.04. The van der Waals surface area contributed by atoms with E-state index in [0.717, 1.165) is 5.56 Å². The van der Waals surface area contributed by atoms with Gasteiger partial charge in [0.2, 0.25) is 0 Å². The van der Waals surface area contributed by atoms with Gasteiger partial charge in [-0.25, -0.2) is 8.78 Å². The van der Waals surface area contributed by atoms with Gasteiger partial charge in [0, 0.05) is 29.7 Å². The second-order valence-electron chi connectivity index (χ2n) is 5.03. The maximum atomic E-state index is 13.4. The van der Waals surface area contributed by atoms with E-state index in [2.05, 4.69) is 5.32 Å². The van der Waals surface area contributed by atoms with E-state index in [-0.39, 0.29) is 18.0 Å². The highest BCUT2D eigenvalue weighted by atomic mass is 35.5. The van der Waals surface area contributed by atoms with Crippen LogP contribution < -0.4 is 10.1 Å². The van der Waals surface area contributed by atoms with Gasteiger partial charge in [0.15, 0.2) is 0 Å². The van der Waals surface area contributed by atoms with E-state index in [1.165, 1.54) is 24.3 Å². The Morgan fingerprint density at radius 3 is 2.43 bits per heavy atom. The van der Waals surface area contributed by atoms with E-state index in [1.807, 2.05) is 7.05 Å². The van der Waals surface area contributed by atoms with Crippen LogP contribution in [0.1, 0.15) is 29.7 Å². The van der Waals surface area contributed by atoms with Crippen LogP contribution in [-0.4, -0.2) is 7.05 Å². The molecule has 1 aliphatic heterocycles. The molecule has 3 rings (SSSR count). The third-order valence-corrected chi connectivity index (χ3v) is 4.06. The fourth-order valence-electron chi connectivity index (χ4n) is 2.67. The number of fused-ring (bicyclic) bond motifs is 1. The third kappa shape index (κ3) is 2.74. The summed E-state index contributed by atoms with van der Waals surface area (Å²) in [5.74, 6) is -0.253. The standard InChI is InChI=1S/C16H14ClF2NO/c1-20-14-8-16(11-4-2-9(18)6-13(11)17)21-15-7-10(19)3-5-12(14)15/h2-7,14,16,20H,8H2,1H3. The summed E-state index contributed by atoms with van der Waals surface area (Å²) in [6.07, 6.45) is 0.297. The van der Waals surface area contributed by atoms with Crippen molar-refractivity contribution in [1.82, 2.24) is 5.32 Å². The Morgan fingerprint density at radius 1 is 1.10 bits per heavy atom. The molecule has 0 spiro atoms. The van der Waals surface area contributed by atoms with E-state index in [1.54, 1.807) is 12.1 Å². The maximum absolute atomic E-state index is 13.4. The smallest absolute Gasteiger partial charge is 0.127 e. The number of hydrogen-bond donors (Lipinski definition) is 1. The zero-order chi connectivity index (χ0) is 15.0. The van der Waals surface area contributed by atoms with E-state index in [4.69, 9.17) is 16.3 Å². The Hall–Kier alpha value is -1.65. The lowest BCUT2D eigenvalue weighted by Crippen LogP contribution is -2.27. The summed E-state index contributed by atoms with van der Waals surface area (Å²) in [6, 6.07) is 8.74. The SMILES string of the molecule is CNC1CC(c2ccc(F)cc2Cl)Oc2cc(F)ccc21. The highest BCUT2D eigenvalue weighted by Gasteiger charge is 2.30. The molecule has 0 bridgehead atoms. The molecule has 5 heteroatoms. The van der Waals surface area contributed by atoms with Crippen molar-refractivity contribution in [2.45, 2.75) is 18.6 Å². The molecular weight excluding hydrogens is 296 g/mol. The predicted octanol–water partition coefficient (Wildman–Crippen LogP) is 4.40. The van der Waals surface area contributed by atoms with Crippen LogP contribution in [0.15, 0.2) is 36.4 Å². The summed E-state index contributed by atoms with van der Waals surface area (Å²) < 4.78 is 32.4. The summed E-state index contributed by atoms with van der Waals surface area (Å²) in [7, 11) is 1.84. The lowest BCUT2D eigenvalue weighted by atomic mass is 9.93. The van der Waals surface area contributed by atoms with Gasteiger partial charge in [-0.15, -0.1) is 0 Å². The minimum absolute atomic E-state index is 0.0282. The largest absolute Gasteiger partial charge is 0.485 e. The van der Waals surface area contributed by atoms with Gasteiger partial charge in [-0.05, 0) is 25.2 Å². The molecule has 110 valence electrons. The lowest BCUT2D eigenvalue weighted by Gasteiger charge is -2.32. The van der Waals surface area contributed by atoms with Crippen molar-refractivity contribution in [3.8, 4) is 5.75 Å². The molecule has 0 amide bonds. The number of rotatable bonds is 2. The molecule has 2 unspecified atom stereocenters. The second-order valence-corrected chi connectivity index (χ2v) is 5.44. The Labute approximate surface area is 126 Å². The average Bonchev–Trinajstić information content (AvgIpc) is 2.45. The minimum Gasteiger partial charge on any atom is -0.485 e. The summed E-state index contributed by atoms with van der Waals surface area (Å²) in [6.45, 7) is 0. The zero-order valence-corrected chi connectivity index (χ0v) is 12.1. The Bertz CT molecular complexity index is 677. The normalized spacial score (nSPS) is 20.8. The number of nitrogens with one attached hydrogen (secondary N) is 1. The quantitative estimate of drug-likeness (QED) is 0.887. The first kappa shape index (κ1) is 14.3. The van der Waals surface area contributed by atoms with Crippen LogP contribution in [-0.2, 0) is 0 Å². The molecule has 0 fully saturated rings. The van der Waals surface area contributed by atoms with Crippen molar-refractivity contribution in [3.63, 3.8) is 0 Å². The molecule has 0 aromatic heterocycles. The monoisotopic (exact) mass is 309 g/mol. The molecule has 0 aliphatic carbocycles. The van der Waals surface area contributed by atoms with Crippen molar-refractivity contribution in [3.05, 3.63) is 64.2 Å². The molecule has 1 heterocycles. The summed E-state index contributed by atoms with van der Waals surface area (Å²) >= 11 is 6.10. The van der Waals surface area contributed by atoms with Gasteiger partial charge in [-0.2, -0.15) is 0 Å². The molecule has 1 aliphatic rings. The molecule has 1 N–H and O–H groups in total. The Morgan fingerprint density at radius 2 is 1.76 bits per heavy atom. The van der Waals surface area contributed by atoms with Crippen molar-refractivity contribution >= 4 is 11.6 Å². The van der Waals surface area contributed by atoms with Crippen LogP contribution in [0.2, 0.25) is 5.02 Å². The molecule has 0 radical (unpaired) electrons. The van der Waals surface area contributed by atoms with Crippen molar-refractivity contribution in [2.24, 2.45) is 0 Å². The number of ether oxygens (including phenoxy) is 1. The van der Waals surface area contributed by atoms with Crippen LogP contribution in [0, 0.1) is 11.6 Å². The topological polar surface area (TPSA) is 21.3 Å². The van der Waals surface area contributed by atoms with E-state index >= 15 is 0 Å². The second kappa shape index (κ2) is 5.62. The van der Waals surface area contributed by atoms with Crippen molar-refractivity contribution in [2.75, 3.05) is 7.05 Å². The van der Waals surface area contributed by atoms with E-state index in [9.17, 15) is 8.78 Å². The van der Waals surface area contributed by atoms with Gasteiger partial charge in [0.25, 0.3) is 0 Å². The van der Waals surface area contributed by atoms with Crippen molar-refractivity contribution in [1.29, 1.82) is 0 Å². The molecule has 0 saturated heterocycles. The summed E-state index contributed by atoms with van der Waals surface area (Å²) in [5, 5.41) is 3.51. The number of hydrogen-bond acceptors (Lipinski definition) is 2. The zero-order valence-electron chi connectivity index (χ0n) is 11.4. The summed E-state index contributed by atoms with van der Waals surface area (Å²) in [4.78, 5) is 0. The van der Waals surface area contributed by atoms with Gasteiger partial charge >= 0.3 is 0 Å². The molecule has 2 aromatic rings. The minimum atomic E-state index is -0.392. The molecule has 0 saturated carbocycles. The molecule has 2 atom stereocenters. The molecule has 21 heavy (non-hydrogen) atoms. The fourth-order valence-corrected chi connectivity index (χ4v) is 2.96. The summed E-state index contributed by atoms with van der Waals surface area (Å²) in [5.41, 5.74) is 1.61. The Balaban J connectivity index is 1.99. The Kier molecular flexibility index (Phi) is 3.83. The fraction of sp³-hybridized carbons (Fsp3) is 0.250. The molecule has 2 aromatic carbocycles. The van der Waals surface area contributed by atoms with Crippen LogP contribution >= 0.6 is 11.6 Å². The lowest BCUT2D eigenvalue weighted by molar-refractivity contribution is 0.153. The van der Waals surface area contributed by atoms with Crippen LogP contribution in [0.5, 0.6) is 5.75 Å². The maximum Gasteiger partial charge on any atom is 0.127 e. The first-order valence-electron chi connectivity index (χ1n) is 6.67. The highest BCUT2D eigenvalue weighted by molar-refractivity contribution is 6.31. The number of benzene rings is 2. The van der Waals surface area contributed by atoms with Gasteiger partial charge < -0.3 is 10.1 Å². The molecule has 2 nitrogen and oxygen atoms in total.